The molecule has 0 aromatic heterocycles. The molecule has 0 atom stereocenters. The number of amides is 2. The van der Waals surface area contributed by atoms with Crippen molar-refractivity contribution in [2.75, 3.05) is 33.3 Å². The number of carbonyl (C=O) groups is 2. The number of ether oxygens (including phenoxy) is 1. The van der Waals surface area contributed by atoms with Gasteiger partial charge in [0, 0.05) is 31.7 Å². The van der Waals surface area contributed by atoms with Crippen LogP contribution in [0.3, 0.4) is 0 Å². The molecule has 1 heterocycles. The van der Waals surface area contributed by atoms with Crippen LogP contribution in [0, 0.1) is 11.6 Å². The van der Waals surface area contributed by atoms with E-state index >= 15 is 0 Å². The lowest BCUT2D eigenvalue weighted by atomic mass is 10.1. The highest BCUT2D eigenvalue weighted by Gasteiger charge is 2.27. The minimum atomic E-state index is -0.758. The Bertz CT molecular complexity index is 833. The van der Waals surface area contributed by atoms with E-state index in [9.17, 15) is 18.4 Å². The highest BCUT2D eigenvalue weighted by atomic mass is 19.1. The Kier molecular flexibility index (Phi) is 5.16. The highest BCUT2D eigenvalue weighted by Crippen LogP contribution is 2.17. The first-order valence-corrected chi connectivity index (χ1v) is 8.17. The van der Waals surface area contributed by atoms with E-state index in [0.29, 0.717) is 24.4 Å². The molecule has 2 amide bonds. The largest absolute Gasteiger partial charge is 0.497 e. The van der Waals surface area contributed by atoms with Gasteiger partial charge in [0.2, 0.25) is 0 Å². The van der Waals surface area contributed by atoms with Crippen molar-refractivity contribution < 1.29 is 23.1 Å². The SMILES string of the molecule is COc1cccc(C(=O)N2CCN(C(=O)c3cc(F)ccc3F)CC2)c1. The fourth-order valence-corrected chi connectivity index (χ4v) is 2.88. The van der Waals surface area contributed by atoms with E-state index in [4.69, 9.17) is 4.74 Å². The smallest absolute Gasteiger partial charge is 0.257 e. The van der Waals surface area contributed by atoms with Crippen LogP contribution in [0.2, 0.25) is 0 Å². The van der Waals surface area contributed by atoms with Gasteiger partial charge in [-0.25, -0.2) is 8.78 Å². The maximum absolute atomic E-state index is 13.8. The van der Waals surface area contributed by atoms with E-state index < -0.39 is 17.5 Å². The van der Waals surface area contributed by atoms with E-state index in [-0.39, 0.29) is 24.6 Å². The molecule has 1 saturated heterocycles. The molecule has 0 unspecified atom stereocenters. The second-order valence-corrected chi connectivity index (χ2v) is 5.94. The van der Waals surface area contributed by atoms with Crippen LogP contribution in [0.5, 0.6) is 5.75 Å². The van der Waals surface area contributed by atoms with Gasteiger partial charge < -0.3 is 14.5 Å². The summed E-state index contributed by atoms with van der Waals surface area (Å²) in [6.45, 7) is 1.15. The summed E-state index contributed by atoms with van der Waals surface area (Å²) in [6.07, 6.45) is 0. The Morgan fingerprint density at radius 2 is 1.58 bits per heavy atom. The summed E-state index contributed by atoms with van der Waals surface area (Å²) in [5.41, 5.74) is 0.206. The summed E-state index contributed by atoms with van der Waals surface area (Å²) in [4.78, 5) is 28.0. The number of carbonyl (C=O) groups excluding carboxylic acids is 2. The van der Waals surface area contributed by atoms with Gasteiger partial charge in [-0.1, -0.05) is 6.07 Å². The molecule has 0 aliphatic carbocycles. The molecular formula is C19H18F2N2O3. The van der Waals surface area contributed by atoms with Crippen LogP contribution in [0.25, 0.3) is 0 Å². The number of nitrogens with zero attached hydrogens (tertiary/aromatic N) is 2. The van der Waals surface area contributed by atoms with Crippen molar-refractivity contribution >= 4 is 11.8 Å². The van der Waals surface area contributed by atoms with Gasteiger partial charge in [-0.3, -0.25) is 9.59 Å². The maximum Gasteiger partial charge on any atom is 0.257 e. The van der Waals surface area contributed by atoms with Crippen LogP contribution < -0.4 is 4.74 Å². The zero-order chi connectivity index (χ0) is 18.7. The quantitative estimate of drug-likeness (QED) is 0.845. The first-order valence-electron chi connectivity index (χ1n) is 8.17. The monoisotopic (exact) mass is 360 g/mol. The van der Waals surface area contributed by atoms with Gasteiger partial charge in [-0.15, -0.1) is 0 Å². The van der Waals surface area contributed by atoms with Crippen LogP contribution in [0.15, 0.2) is 42.5 Å². The van der Waals surface area contributed by atoms with Gasteiger partial charge in [0.15, 0.2) is 0 Å². The molecule has 0 saturated carbocycles. The summed E-state index contributed by atoms with van der Waals surface area (Å²) in [5.74, 6) is -1.57. The zero-order valence-electron chi connectivity index (χ0n) is 14.2. The zero-order valence-corrected chi connectivity index (χ0v) is 14.2. The lowest BCUT2D eigenvalue weighted by Crippen LogP contribution is -2.50. The van der Waals surface area contributed by atoms with Crippen LogP contribution in [0.1, 0.15) is 20.7 Å². The molecule has 0 spiro atoms. The van der Waals surface area contributed by atoms with E-state index in [1.807, 2.05) is 0 Å². The molecule has 26 heavy (non-hydrogen) atoms. The molecule has 3 rings (SSSR count). The van der Waals surface area contributed by atoms with Gasteiger partial charge in [0.1, 0.15) is 17.4 Å². The Balaban J connectivity index is 1.66. The van der Waals surface area contributed by atoms with Gasteiger partial charge in [0.25, 0.3) is 11.8 Å². The third-order valence-electron chi connectivity index (χ3n) is 4.33. The molecule has 2 aromatic rings. The summed E-state index contributed by atoms with van der Waals surface area (Å²) in [7, 11) is 1.53. The fraction of sp³-hybridized carbons (Fsp3) is 0.263. The molecule has 1 aliphatic heterocycles. The summed E-state index contributed by atoms with van der Waals surface area (Å²) >= 11 is 0. The third-order valence-corrected chi connectivity index (χ3v) is 4.33. The number of halogens is 2. The van der Waals surface area contributed by atoms with E-state index in [2.05, 4.69) is 0 Å². The van der Waals surface area contributed by atoms with Crippen LogP contribution >= 0.6 is 0 Å². The van der Waals surface area contributed by atoms with Gasteiger partial charge in [-0.2, -0.15) is 0 Å². The molecular weight excluding hydrogens is 342 g/mol. The van der Waals surface area contributed by atoms with Crippen molar-refractivity contribution in [2.45, 2.75) is 0 Å². The van der Waals surface area contributed by atoms with Crippen LogP contribution in [-0.2, 0) is 0 Å². The lowest BCUT2D eigenvalue weighted by Gasteiger charge is -2.35. The second kappa shape index (κ2) is 7.51. The Morgan fingerprint density at radius 3 is 2.23 bits per heavy atom. The lowest BCUT2D eigenvalue weighted by molar-refractivity contribution is 0.0532. The van der Waals surface area contributed by atoms with E-state index in [1.165, 1.54) is 12.0 Å². The highest BCUT2D eigenvalue weighted by molar-refractivity contribution is 5.96. The number of benzene rings is 2. The average Bonchev–Trinajstić information content (AvgIpc) is 2.69. The van der Waals surface area contributed by atoms with Crippen LogP contribution in [0.4, 0.5) is 8.78 Å². The number of methoxy groups -OCH3 is 1. The molecule has 5 nitrogen and oxygen atoms in total. The Labute approximate surface area is 149 Å². The molecule has 1 fully saturated rings. The molecule has 0 radical (unpaired) electrons. The predicted octanol–water partition coefficient (Wildman–Crippen LogP) is 2.57. The van der Waals surface area contributed by atoms with Crippen molar-refractivity contribution in [1.29, 1.82) is 0 Å². The third kappa shape index (κ3) is 3.66. The fourth-order valence-electron chi connectivity index (χ4n) is 2.88. The molecule has 7 heteroatoms. The standard InChI is InChI=1S/C19H18F2N2O3/c1-26-15-4-2-3-13(11-15)18(24)22-7-9-23(10-8-22)19(25)16-12-14(20)5-6-17(16)21/h2-6,11-12H,7-10H2,1H3. The van der Waals surface area contributed by atoms with Crippen molar-refractivity contribution in [3.8, 4) is 5.75 Å². The molecule has 1 aliphatic rings. The maximum atomic E-state index is 13.8. The predicted molar refractivity (Wildman–Crippen MR) is 91.2 cm³/mol. The van der Waals surface area contributed by atoms with Gasteiger partial charge in [0.05, 0.1) is 12.7 Å². The average molecular weight is 360 g/mol. The van der Waals surface area contributed by atoms with Crippen molar-refractivity contribution in [3.05, 3.63) is 65.2 Å². The summed E-state index contributed by atoms with van der Waals surface area (Å²) in [5, 5.41) is 0. The minimum absolute atomic E-state index is 0.159. The Morgan fingerprint density at radius 1 is 0.923 bits per heavy atom. The number of hydrogen-bond acceptors (Lipinski definition) is 3. The first kappa shape index (κ1) is 17.8. The first-order chi connectivity index (χ1) is 12.5. The van der Waals surface area contributed by atoms with Crippen molar-refractivity contribution in [1.82, 2.24) is 9.80 Å². The van der Waals surface area contributed by atoms with Crippen LogP contribution in [-0.4, -0.2) is 54.9 Å². The van der Waals surface area contributed by atoms with Gasteiger partial charge >= 0.3 is 0 Å². The summed E-state index contributed by atoms with van der Waals surface area (Å²) in [6, 6.07) is 9.64. The molecule has 0 bridgehead atoms. The Hall–Kier alpha value is -2.96. The minimum Gasteiger partial charge on any atom is -0.497 e. The number of piperazine rings is 1. The summed E-state index contributed by atoms with van der Waals surface area (Å²) < 4.78 is 32.2. The number of hydrogen-bond donors (Lipinski definition) is 0. The van der Waals surface area contributed by atoms with Crippen molar-refractivity contribution in [3.63, 3.8) is 0 Å². The topological polar surface area (TPSA) is 49.9 Å². The van der Waals surface area contributed by atoms with E-state index in [0.717, 1.165) is 18.2 Å². The second-order valence-electron chi connectivity index (χ2n) is 5.94. The normalized spacial score (nSPS) is 14.3. The molecule has 136 valence electrons. The van der Waals surface area contributed by atoms with E-state index in [1.54, 1.807) is 29.2 Å². The molecule has 0 N–H and O–H groups in total. The molecule has 2 aromatic carbocycles. The number of rotatable bonds is 3. The van der Waals surface area contributed by atoms with Crippen molar-refractivity contribution in [2.24, 2.45) is 0 Å². The van der Waals surface area contributed by atoms with Gasteiger partial charge in [-0.05, 0) is 36.4 Å².